The molecular formula is C62H78Br2F2K2N16O9S. The molecule has 496 valence electrons. The minimum absolute atomic E-state index is 0. The molecule has 0 radical (unpaired) electrons. The number of aromatic nitrogens is 12. The largest absolute Gasteiger partial charge is 1.00 e. The number of imidazole rings is 3. The zero-order valence-corrected chi connectivity index (χ0v) is 64.5. The van der Waals surface area contributed by atoms with Gasteiger partial charge in [0.1, 0.15) is 17.5 Å². The van der Waals surface area contributed by atoms with Crippen molar-refractivity contribution in [3.8, 4) is 0 Å². The average molecular weight is 1500 g/mol. The third-order valence-corrected chi connectivity index (χ3v) is 16.0. The maximum atomic E-state index is 12.9. The van der Waals surface area contributed by atoms with E-state index in [4.69, 9.17) is 29.6 Å². The second kappa shape index (κ2) is 40.1. The molecule has 0 unspecified atom stereocenters. The second-order valence-corrected chi connectivity index (χ2v) is 25.4. The molecule has 3 aliphatic rings. The smallest absolute Gasteiger partial charge is 1.00 e. The molecule has 3 aromatic carbocycles. The number of halogens is 4. The number of hydrogen-bond donors (Lipinski definition) is 1. The van der Waals surface area contributed by atoms with Gasteiger partial charge >= 0.3 is 103 Å². The summed E-state index contributed by atoms with van der Waals surface area (Å²) in [6.07, 6.45) is 11.1. The van der Waals surface area contributed by atoms with Gasteiger partial charge in [0.25, 0.3) is 33.3 Å². The van der Waals surface area contributed by atoms with Crippen molar-refractivity contribution in [1.29, 1.82) is 0 Å². The van der Waals surface area contributed by atoms with Crippen molar-refractivity contribution in [2.75, 3.05) is 75.0 Å². The molecule has 0 bridgehead atoms. The predicted octanol–water partition coefficient (Wildman–Crippen LogP) is 2.77. The molecule has 32 heteroatoms. The zero-order chi connectivity index (χ0) is 68.6. The summed E-state index contributed by atoms with van der Waals surface area (Å²) >= 11 is 6.86. The Labute approximate surface area is 650 Å². The van der Waals surface area contributed by atoms with E-state index in [9.17, 15) is 31.6 Å². The summed E-state index contributed by atoms with van der Waals surface area (Å²) in [6.45, 7) is 25.9. The van der Waals surface area contributed by atoms with E-state index in [-0.39, 0.29) is 152 Å². The number of rotatable bonds is 14. The molecule has 3 aliphatic heterocycles. The Bertz CT molecular complexity index is 4330. The van der Waals surface area contributed by atoms with Gasteiger partial charge in [-0.3, -0.25) is 45.8 Å². The Kier molecular flexibility index (Phi) is 33.2. The summed E-state index contributed by atoms with van der Waals surface area (Å²) in [6, 6.07) is 23.7. The second-order valence-electron chi connectivity index (χ2n) is 22.0. The third-order valence-electron chi connectivity index (χ3n) is 14.5. The van der Waals surface area contributed by atoms with Crippen molar-refractivity contribution in [1.82, 2.24) is 57.5 Å². The zero-order valence-electron chi connectivity index (χ0n) is 57.3. The normalized spacial score (nSPS) is 13.0. The van der Waals surface area contributed by atoms with Crippen molar-refractivity contribution >= 4 is 88.5 Å². The van der Waals surface area contributed by atoms with Crippen LogP contribution >= 0.6 is 31.9 Å². The number of nitrogens with one attached hydrogen (secondary N) is 1. The Balaban J connectivity index is 0.000000326. The fourth-order valence-corrected chi connectivity index (χ4v) is 11.5. The monoisotopic (exact) mass is 1500 g/mol. The van der Waals surface area contributed by atoms with Crippen molar-refractivity contribution in [3.05, 3.63) is 177 Å². The molecular weight excluding hydrogens is 1420 g/mol. The van der Waals surface area contributed by atoms with Gasteiger partial charge in [0.05, 0.1) is 55.1 Å². The summed E-state index contributed by atoms with van der Waals surface area (Å²) in [5, 5.41) is 25.6. The van der Waals surface area contributed by atoms with Crippen LogP contribution in [0.4, 0.5) is 32.3 Å². The maximum Gasteiger partial charge on any atom is 1.00 e. The first-order valence-corrected chi connectivity index (χ1v) is 32.8. The van der Waals surface area contributed by atoms with Crippen molar-refractivity contribution in [3.63, 3.8) is 0 Å². The van der Waals surface area contributed by atoms with Gasteiger partial charge in [-0.15, -0.1) is 15.3 Å². The molecule has 1 N–H and O–H groups in total. The van der Waals surface area contributed by atoms with Crippen LogP contribution in [0.25, 0.3) is 21.4 Å². The molecule has 0 aliphatic carbocycles. The number of hydrogen-bond acceptors (Lipinski definition) is 18. The summed E-state index contributed by atoms with van der Waals surface area (Å²) in [5.41, 5.74) is 5.70. The first-order valence-electron chi connectivity index (χ1n) is 30.9. The van der Waals surface area contributed by atoms with E-state index in [1.165, 1.54) is 5.56 Å². The van der Waals surface area contributed by atoms with Crippen LogP contribution in [0.5, 0.6) is 0 Å². The third kappa shape index (κ3) is 22.0. The van der Waals surface area contributed by atoms with Gasteiger partial charge in [0.2, 0.25) is 17.8 Å². The molecule has 12 rings (SSSR count). The summed E-state index contributed by atoms with van der Waals surface area (Å²) < 4.78 is 69.4. The quantitative estimate of drug-likeness (QED) is 0.0409. The van der Waals surface area contributed by atoms with Crippen molar-refractivity contribution < 1.29 is 143 Å². The van der Waals surface area contributed by atoms with E-state index in [0.29, 0.717) is 53.6 Å². The molecule has 0 amide bonds. The molecule has 0 atom stereocenters. The van der Waals surface area contributed by atoms with Gasteiger partial charge in [-0.25, -0.2) is 33.3 Å². The molecule has 9 aromatic rings. The molecule has 9 heterocycles. The molecule has 0 fully saturated rings. The number of nitrogens with zero attached hydrogens (tertiary/aromatic N) is 15. The molecule has 0 saturated carbocycles. The van der Waals surface area contributed by atoms with Gasteiger partial charge in [-0.2, -0.15) is 8.42 Å². The maximum absolute atomic E-state index is 12.9. The summed E-state index contributed by atoms with van der Waals surface area (Å²) in [4.78, 5) is 70.3. The Morgan fingerprint density at radius 1 is 0.660 bits per heavy atom. The molecule has 94 heavy (non-hydrogen) atoms. The molecule has 0 saturated heterocycles. The van der Waals surface area contributed by atoms with E-state index in [1.807, 2.05) is 68.4 Å². The molecule has 6 aromatic heterocycles. The number of benzene rings is 3. The van der Waals surface area contributed by atoms with Crippen molar-refractivity contribution in [2.45, 2.75) is 117 Å². The van der Waals surface area contributed by atoms with Crippen LogP contribution in [0.3, 0.4) is 0 Å². The van der Waals surface area contributed by atoms with Crippen LogP contribution in [-0.2, 0) is 62.9 Å². The van der Waals surface area contributed by atoms with Crippen molar-refractivity contribution in [2.24, 2.45) is 0 Å². The number of carbonyl (C=O) groups is 1. The average Bonchev–Trinajstić information content (AvgIpc) is 1.74. The first kappa shape index (κ1) is 78.0. The van der Waals surface area contributed by atoms with Crippen LogP contribution in [0.15, 0.2) is 115 Å². The fraction of sp³-hybridized carbons (Fsp3) is 0.435. The molecule has 25 nitrogen and oxygen atoms in total. The fourth-order valence-electron chi connectivity index (χ4n) is 10.3. The minimum Gasteiger partial charge on any atom is -1.00 e. The van der Waals surface area contributed by atoms with Gasteiger partial charge in [-0.05, 0) is 73.9 Å². The van der Waals surface area contributed by atoms with Crippen LogP contribution in [0.2, 0.25) is 0 Å². The number of carbonyl (C=O) groups excluding carboxylic acids is 1. The minimum atomic E-state index is -3.32. The van der Waals surface area contributed by atoms with E-state index in [0.717, 1.165) is 121 Å². The van der Waals surface area contributed by atoms with Crippen LogP contribution in [0.1, 0.15) is 117 Å². The Morgan fingerprint density at radius 2 is 1.05 bits per heavy atom. The molecule has 0 spiro atoms. The van der Waals surface area contributed by atoms with Gasteiger partial charge in [0, 0.05) is 79.1 Å². The van der Waals surface area contributed by atoms with Gasteiger partial charge in [-0.1, -0.05) is 127 Å². The van der Waals surface area contributed by atoms with E-state index in [2.05, 4.69) is 127 Å². The Morgan fingerprint density at radius 3 is 1.46 bits per heavy atom. The number of anilines is 3. The van der Waals surface area contributed by atoms with Crippen LogP contribution < -0.4 is 140 Å². The summed E-state index contributed by atoms with van der Waals surface area (Å²) in [7, 11) is -5.32. The van der Waals surface area contributed by atoms with E-state index in [1.54, 1.807) is 45.8 Å². The van der Waals surface area contributed by atoms with E-state index < -0.39 is 24.4 Å². The Hall–Kier alpha value is -4.97. The van der Waals surface area contributed by atoms with Crippen LogP contribution in [0, 0.1) is 6.57 Å². The standard InChI is InChI=1S/C20H22N6O.C19H22BrN5O.C11H15N5O.C9H11BrO3S.2CH3F.CH2O3.2K.H/c1-14(2)18-22-13-17-19(27)25-10-5-9-24(20(25)23-26(17)18)11-8-15-6-4-7-16(12-15)21-3;1-13(2)17-21-12-16-18(26)24-9-4-8-23(19(24)22-25(16)17)10-7-14-5-3-6-15(20)11-14;1-7(2)9-13-6-8-10(17)15-5-3-4-12-11(15)14-16(8)9;1-14(11,12)13-6-5-8-3-2-4-9(10)7-8;2*1-2;2-1-4-3;;;/h4,6-7,12-14H,5,8-11H2,1-2H3;3,5-6,11-13H,4,7-10H2,1-2H3;6-7H,3-5H2,1-2H3,(H,12,14);2-4,7H,5-6H2,1H3;2*1H3;1,3H;;;/q;;;;;;;2*+1;-1/p-1/i;;;;2*1D;;;;. The topological polar surface area (TPSA) is 272 Å². The number of fused-ring (bicyclic) bond motifs is 6. The predicted molar refractivity (Wildman–Crippen MR) is 356 cm³/mol. The van der Waals surface area contributed by atoms with E-state index >= 15 is 0 Å². The first-order chi connectivity index (χ1) is 45.0. The number of alkyl halides is 2. The van der Waals surface area contributed by atoms with Gasteiger partial charge in [0.15, 0.2) is 22.2 Å². The van der Waals surface area contributed by atoms with Gasteiger partial charge < -0.3 is 26.7 Å². The van der Waals surface area contributed by atoms with Crippen LogP contribution in [-0.4, -0.2) is 132 Å². The SMILES string of the molecule is CC(C)c1ncc2c(=O)n3c(nn12)N(CCc1cccc(Br)c1)CCC3.CC(C)c1ncc2c(=O)n3c(nn12)NCCC3.CS(=O)(=O)OCCc1cccc(Br)c1.O=CO[O-].[2H]CF.[2H]CF.[C-]#[N+]c1cccc(CCN2CCCn3c2nn2c(C(C)C)ncc2c3=O)c1.[H-].[K+].[K+]. The summed E-state index contributed by atoms with van der Waals surface area (Å²) in [5.74, 6) is 5.22.